The molecule has 2 aromatic rings. The molecule has 17 heavy (non-hydrogen) atoms. The van der Waals surface area contributed by atoms with Crippen LogP contribution >= 0.6 is 11.5 Å². The Labute approximate surface area is 102 Å². The van der Waals surface area contributed by atoms with Crippen LogP contribution in [0.5, 0.6) is 0 Å². The van der Waals surface area contributed by atoms with Crippen molar-refractivity contribution in [3.8, 4) is 0 Å². The molecule has 0 amide bonds. The smallest absolute Gasteiger partial charge is 0.269 e. The molecule has 1 aromatic carbocycles. The lowest BCUT2D eigenvalue weighted by molar-refractivity contribution is -0.384. The van der Waals surface area contributed by atoms with E-state index in [1.54, 1.807) is 12.1 Å². The maximum Gasteiger partial charge on any atom is 0.269 e. The van der Waals surface area contributed by atoms with Gasteiger partial charge in [0.05, 0.1) is 10.6 Å². The summed E-state index contributed by atoms with van der Waals surface area (Å²) < 4.78 is 3.75. The quantitative estimate of drug-likeness (QED) is 0.645. The second kappa shape index (κ2) is 5.46. The maximum absolute atomic E-state index is 10.6. The molecule has 0 atom stereocenters. The average molecular weight is 250 g/mol. The minimum absolute atomic E-state index is 0.111. The van der Waals surface area contributed by atoms with Gasteiger partial charge in [-0.2, -0.15) is 0 Å². The van der Waals surface area contributed by atoms with Crippen molar-refractivity contribution in [3.05, 3.63) is 51.0 Å². The second-order valence-corrected chi connectivity index (χ2v) is 4.04. The number of nitrogens with zero attached hydrogens (tertiary/aromatic N) is 3. The lowest BCUT2D eigenvalue weighted by Gasteiger charge is -2.02. The Hall–Kier alpha value is -1.86. The van der Waals surface area contributed by atoms with E-state index in [0.29, 0.717) is 13.1 Å². The zero-order chi connectivity index (χ0) is 12.1. The third kappa shape index (κ3) is 3.30. The van der Waals surface area contributed by atoms with Crippen LogP contribution in [0.25, 0.3) is 0 Å². The van der Waals surface area contributed by atoms with Crippen molar-refractivity contribution in [3.63, 3.8) is 0 Å². The first-order chi connectivity index (χ1) is 8.25. The van der Waals surface area contributed by atoms with Crippen molar-refractivity contribution in [2.45, 2.75) is 13.1 Å². The topological polar surface area (TPSA) is 81.0 Å². The molecule has 0 radical (unpaired) electrons. The molecule has 2 rings (SSSR count). The summed E-state index contributed by atoms with van der Waals surface area (Å²) in [6.07, 6.45) is 0. The summed E-state index contributed by atoms with van der Waals surface area (Å²) in [6, 6.07) is 6.57. The van der Waals surface area contributed by atoms with Crippen LogP contribution in [0.2, 0.25) is 0 Å². The first-order valence-electron chi connectivity index (χ1n) is 4.95. The van der Waals surface area contributed by atoms with E-state index >= 15 is 0 Å². The fourth-order valence-corrected chi connectivity index (χ4v) is 1.83. The first-order valence-corrected chi connectivity index (χ1v) is 5.79. The molecule has 0 fully saturated rings. The molecule has 1 heterocycles. The molecule has 6 nitrogen and oxygen atoms in total. The third-order valence-electron chi connectivity index (χ3n) is 2.16. The van der Waals surface area contributed by atoms with Crippen LogP contribution in [0.15, 0.2) is 29.6 Å². The zero-order valence-corrected chi connectivity index (χ0v) is 9.68. The molecule has 0 saturated heterocycles. The number of benzene rings is 1. The highest BCUT2D eigenvalue weighted by molar-refractivity contribution is 7.03. The van der Waals surface area contributed by atoms with Crippen molar-refractivity contribution >= 4 is 17.2 Å². The fraction of sp³-hybridized carbons (Fsp3) is 0.200. The molecule has 0 aliphatic rings. The van der Waals surface area contributed by atoms with Crippen molar-refractivity contribution in [1.29, 1.82) is 0 Å². The van der Waals surface area contributed by atoms with Crippen LogP contribution in [-0.2, 0) is 13.1 Å². The van der Waals surface area contributed by atoms with Crippen molar-refractivity contribution < 1.29 is 4.92 Å². The number of rotatable bonds is 5. The van der Waals surface area contributed by atoms with Crippen LogP contribution in [0.3, 0.4) is 0 Å². The Balaban J connectivity index is 1.90. The molecule has 7 heteroatoms. The number of hydrogen-bond donors (Lipinski definition) is 1. The molecule has 0 bridgehead atoms. The molecule has 0 saturated carbocycles. The van der Waals surface area contributed by atoms with Crippen LogP contribution in [-0.4, -0.2) is 14.5 Å². The van der Waals surface area contributed by atoms with Crippen LogP contribution < -0.4 is 5.32 Å². The molecule has 0 aliphatic carbocycles. The predicted molar refractivity (Wildman–Crippen MR) is 63.5 cm³/mol. The van der Waals surface area contributed by atoms with Gasteiger partial charge in [-0.15, -0.1) is 5.10 Å². The van der Waals surface area contributed by atoms with E-state index in [2.05, 4.69) is 14.9 Å². The van der Waals surface area contributed by atoms with E-state index in [-0.39, 0.29) is 5.69 Å². The van der Waals surface area contributed by atoms with Gasteiger partial charge >= 0.3 is 0 Å². The Kier molecular flexibility index (Phi) is 3.73. The minimum Gasteiger partial charge on any atom is -0.307 e. The number of nitro groups is 1. The highest BCUT2D eigenvalue weighted by Crippen LogP contribution is 2.12. The largest absolute Gasteiger partial charge is 0.307 e. The van der Waals surface area contributed by atoms with Crippen molar-refractivity contribution in [2.75, 3.05) is 0 Å². The van der Waals surface area contributed by atoms with Gasteiger partial charge in [0.2, 0.25) is 0 Å². The number of nitrogens with one attached hydrogen (secondary N) is 1. The van der Waals surface area contributed by atoms with E-state index in [4.69, 9.17) is 0 Å². The number of nitro benzene ring substituents is 1. The molecular weight excluding hydrogens is 240 g/mol. The van der Waals surface area contributed by atoms with E-state index in [0.717, 1.165) is 11.3 Å². The van der Waals surface area contributed by atoms with Gasteiger partial charge in [-0.3, -0.25) is 10.1 Å². The summed E-state index contributed by atoms with van der Waals surface area (Å²) in [6.45, 7) is 1.18. The van der Waals surface area contributed by atoms with Gasteiger partial charge in [-0.25, -0.2) is 0 Å². The summed E-state index contributed by atoms with van der Waals surface area (Å²) in [5.74, 6) is 0. The second-order valence-electron chi connectivity index (χ2n) is 3.43. The van der Waals surface area contributed by atoms with E-state index in [1.807, 2.05) is 11.4 Å². The van der Waals surface area contributed by atoms with E-state index < -0.39 is 4.92 Å². The fourth-order valence-electron chi connectivity index (χ4n) is 1.38. The van der Waals surface area contributed by atoms with Crippen LogP contribution in [0, 0.1) is 10.1 Å². The number of aromatic nitrogens is 2. The molecule has 88 valence electrons. The lowest BCUT2D eigenvalue weighted by atomic mass is 10.2. The number of hydrogen-bond acceptors (Lipinski definition) is 6. The monoisotopic (exact) mass is 250 g/mol. The number of non-ortho nitro benzene ring substituents is 1. The highest BCUT2D eigenvalue weighted by atomic mass is 32.1. The summed E-state index contributed by atoms with van der Waals surface area (Å²) in [5, 5.41) is 19.5. The summed E-state index contributed by atoms with van der Waals surface area (Å²) >= 11 is 1.30. The van der Waals surface area contributed by atoms with E-state index in [1.165, 1.54) is 17.6 Å². The van der Waals surface area contributed by atoms with Gasteiger partial charge in [0, 0.05) is 30.6 Å². The minimum atomic E-state index is -0.395. The maximum atomic E-state index is 10.6. The van der Waals surface area contributed by atoms with Gasteiger partial charge in [0.25, 0.3) is 5.69 Å². The Bertz CT molecular complexity index is 501. The van der Waals surface area contributed by atoms with Gasteiger partial charge in [0.15, 0.2) is 0 Å². The third-order valence-corrected chi connectivity index (χ3v) is 2.72. The van der Waals surface area contributed by atoms with Gasteiger partial charge in [-0.1, -0.05) is 16.6 Å². The molecule has 1 aromatic heterocycles. The summed E-state index contributed by atoms with van der Waals surface area (Å²) in [4.78, 5) is 10.2. The summed E-state index contributed by atoms with van der Waals surface area (Å²) in [7, 11) is 0. The predicted octanol–water partition coefficient (Wildman–Crippen LogP) is 1.74. The van der Waals surface area contributed by atoms with Crippen molar-refractivity contribution in [1.82, 2.24) is 14.9 Å². The van der Waals surface area contributed by atoms with Crippen LogP contribution in [0.4, 0.5) is 5.69 Å². The first kappa shape index (κ1) is 11.6. The van der Waals surface area contributed by atoms with Crippen LogP contribution in [0.1, 0.15) is 11.3 Å². The molecule has 0 aliphatic heterocycles. The van der Waals surface area contributed by atoms with Gasteiger partial charge in [0.1, 0.15) is 0 Å². The normalized spacial score (nSPS) is 10.4. The van der Waals surface area contributed by atoms with Gasteiger partial charge < -0.3 is 5.32 Å². The van der Waals surface area contributed by atoms with Crippen molar-refractivity contribution in [2.24, 2.45) is 0 Å². The zero-order valence-electron chi connectivity index (χ0n) is 8.87. The molecule has 1 N–H and O–H groups in total. The standard InChI is InChI=1S/C10H10N4O2S/c15-14(16)10-3-1-2-8(4-10)5-11-6-9-7-17-13-12-9/h1-4,7,11H,5-6H2. The SMILES string of the molecule is O=[N+]([O-])c1cccc(CNCc2csnn2)c1. The Morgan fingerprint density at radius 1 is 1.41 bits per heavy atom. The molecule has 0 spiro atoms. The molecule has 0 unspecified atom stereocenters. The Morgan fingerprint density at radius 3 is 3.00 bits per heavy atom. The lowest BCUT2D eigenvalue weighted by Crippen LogP contribution is -2.13. The average Bonchev–Trinajstić information content (AvgIpc) is 2.82. The molecular formula is C10H10N4O2S. The Morgan fingerprint density at radius 2 is 2.29 bits per heavy atom. The summed E-state index contributed by atoms with van der Waals surface area (Å²) in [5.41, 5.74) is 1.86. The highest BCUT2D eigenvalue weighted by Gasteiger charge is 2.05. The van der Waals surface area contributed by atoms with Gasteiger partial charge in [-0.05, 0) is 17.1 Å². The van der Waals surface area contributed by atoms with E-state index in [9.17, 15) is 10.1 Å².